The molecule has 0 saturated carbocycles. The lowest BCUT2D eigenvalue weighted by Crippen LogP contribution is -2.11. The van der Waals surface area contributed by atoms with Crippen LogP contribution in [0.25, 0.3) is 0 Å². The lowest BCUT2D eigenvalue weighted by atomic mass is 10.2. The minimum Gasteiger partial charge on any atom is -0.476 e. The Morgan fingerprint density at radius 1 is 1.19 bits per heavy atom. The molecule has 1 aromatic heterocycles. The predicted octanol–water partition coefficient (Wildman–Crippen LogP) is 2.22. The highest BCUT2D eigenvalue weighted by Crippen LogP contribution is 2.26. The molecular formula is C15H20N4O2. The van der Waals surface area contributed by atoms with Gasteiger partial charge < -0.3 is 20.5 Å². The van der Waals surface area contributed by atoms with E-state index in [0.29, 0.717) is 43.0 Å². The quantitative estimate of drug-likeness (QED) is 0.813. The molecule has 0 amide bonds. The fraction of sp³-hybridized carbons (Fsp3) is 0.333. The van der Waals surface area contributed by atoms with Crippen molar-refractivity contribution in [3.8, 4) is 5.88 Å². The highest BCUT2D eigenvalue weighted by atomic mass is 16.5. The van der Waals surface area contributed by atoms with Crippen LogP contribution in [0, 0.1) is 0 Å². The second-order valence-corrected chi connectivity index (χ2v) is 4.41. The van der Waals surface area contributed by atoms with Gasteiger partial charge in [0, 0.05) is 13.7 Å². The summed E-state index contributed by atoms with van der Waals surface area (Å²) in [6.45, 7) is 3.31. The summed E-state index contributed by atoms with van der Waals surface area (Å²) in [5.74, 6) is 1.48. The summed E-state index contributed by atoms with van der Waals surface area (Å²) in [6, 6.07) is 10.0. The number of methoxy groups -OCH3 is 1. The highest BCUT2D eigenvalue weighted by Gasteiger charge is 2.12. The number of ether oxygens (including phenoxy) is 2. The third-order valence-electron chi connectivity index (χ3n) is 2.81. The third kappa shape index (κ3) is 4.06. The number of nitrogen functional groups attached to an aromatic ring is 1. The molecule has 0 unspecified atom stereocenters. The SMILES string of the molecule is CCOc1nc(COC)nc(NCc2ccccc2)c1N. The third-order valence-corrected chi connectivity index (χ3v) is 2.81. The molecular weight excluding hydrogens is 268 g/mol. The first kappa shape index (κ1) is 15.1. The van der Waals surface area contributed by atoms with E-state index in [9.17, 15) is 0 Å². The molecule has 3 N–H and O–H groups in total. The standard InChI is InChI=1S/C15H20N4O2/c1-3-21-15-13(16)14(18-12(19-15)10-20-2)17-9-11-7-5-4-6-8-11/h4-8H,3,9-10,16H2,1-2H3,(H,17,18,19). The minimum absolute atomic E-state index is 0.306. The number of nitrogens with two attached hydrogens (primary N) is 1. The molecule has 0 atom stereocenters. The van der Waals surface area contributed by atoms with Crippen molar-refractivity contribution in [2.24, 2.45) is 0 Å². The molecule has 2 rings (SSSR count). The van der Waals surface area contributed by atoms with E-state index >= 15 is 0 Å². The summed E-state index contributed by atoms with van der Waals surface area (Å²) < 4.78 is 10.5. The molecule has 6 heteroatoms. The molecule has 0 radical (unpaired) electrons. The lowest BCUT2D eigenvalue weighted by Gasteiger charge is -2.13. The maximum absolute atomic E-state index is 6.05. The smallest absolute Gasteiger partial charge is 0.242 e. The number of nitrogens with zero attached hydrogens (tertiary/aromatic N) is 2. The minimum atomic E-state index is 0.306. The summed E-state index contributed by atoms with van der Waals surface area (Å²) in [5.41, 5.74) is 7.60. The average Bonchev–Trinajstić information content (AvgIpc) is 2.50. The number of aromatic nitrogens is 2. The zero-order chi connectivity index (χ0) is 15.1. The summed E-state index contributed by atoms with van der Waals surface area (Å²) in [5, 5.41) is 3.22. The van der Waals surface area contributed by atoms with Crippen molar-refractivity contribution in [3.05, 3.63) is 41.7 Å². The van der Waals surface area contributed by atoms with Gasteiger partial charge in [-0.3, -0.25) is 0 Å². The molecule has 112 valence electrons. The fourth-order valence-electron chi connectivity index (χ4n) is 1.85. The Balaban J connectivity index is 2.20. The first-order valence-electron chi connectivity index (χ1n) is 6.80. The first-order valence-corrected chi connectivity index (χ1v) is 6.80. The second kappa shape index (κ2) is 7.44. The lowest BCUT2D eigenvalue weighted by molar-refractivity contribution is 0.176. The molecule has 6 nitrogen and oxygen atoms in total. The van der Waals surface area contributed by atoms with Crippen LogP contribution >= 0.6 is 0 Å². The second-order valence-electron chi connectivity index (χ2n) is 4.41. The molecule has 0 bridgehead atoms. The van der Waals surface area contributed by atoms with Gasteiger partial charge in [-0.2, -0.15) is 4.98 Å². The van der Waals surface area contributed by atoms with Gasteiger partial charge in [0.2, 0.25) is 5.88 Å². The molecule has 0 saturated heterocycles. The zero-order valence-electron chi connectivity index (χ0n) is 12.3. The summed E-state index contributed by atoms with van der Waals surface area (Å²) in [6.07, 6.45) is 0. The van der Waals surface area contributed by atoms with Crippen molar-refractivity contribution in [1.29, 1.82) is 0 Å². The number of nitrogens with one attached hydrogen (secondary N) is 1. The Morgan fingerprint density at radius 3 is 2.62 bits per heavy atom. The number of hydrogen-bond acceptors (Lipinski definition) is 6. The van der Waals surface area contributed by atoms with Crippen LogP contribution in [-0.4, -0.2) is 23.7 Å². The number of anilines is 2. The van der Waals surface area contributed by atoms with Crippen LogP contribution in [0.3, 0.4) is 0 Å². The van der Waals surface area contributed by atoms with Crippen molar-refractivity contribution >= 4 is 11.5 Å². The van der Waals surface area contributed by atoms with Crippen LogP contribution in [-0.2, 0) is 17.9 Å². The molecule has 0 fully saturated rings. The van der Waals surface area contributed by atoms with Gasteiger partial charge >= 0.3 is 0 Å². The van der Waals surface area contributed by atoms with Crippen molar-refractivity contribution in [2.75, 3.05) is 24.8 Å². The monoisotopic (exact) mass is 288 g/mol. The van der Waals surface area contributed by atoms with Gasteiger partial charge in [0.25, 0.3) is 0 Å². The Labute approximate surface area is 124 Å². The van der Waals surface area contributed by atoms with Gasteiger partial charge in [-0.05, 0) is 12.5 Å². The zero-order valence-corrected chi connectivity index (χ0v) is 12.3. The molecule has 1 heterocycles. The van der Waals surface area contributed by atoms with E-state index in [2.05, 4.69) is 15.3 Å². The van der Waals surface area contributed by atoms with Crippen molar-refractivity contribution in [2.45, 2.75) is 20.1 Å². The van der Waals surface area contributed by atoms with E-state index in [-0.39, 0.29) is 0 Å². The van der Waals surface area contributed by atoms with Crippen molar-refractivity contribution in [3.63, 3.8) is 0 Å². The molecule has 2 aromatic rings. The van der Waals surface area contributed by atoms with Crippen LogP contribution in [0.5, 0.6) is 5.88 Å². The maximum atomic E-state index is 6.05. The van der Waals surface area contributed by atoms with Gasteiger partial charge in [-0.15, -0.1) is 0 Å². The summed E-state index contributed by atoms with van der Waals surface area (Å²) in [7, 11) is 1.59. The Morgan fingerprint density at radius 2 is 1.95 bits per heavy atom. The molecule has 1 aromatic carbocycles. The molecule has 0 aliphatic rings. The topological polar surface area (TPSA) is 82.3 Å². The van der Waals surface area contributed by atoms with Crippen molar-refractivity contribution in [1.82, 2.24) is 9.97 Å². The van der Waals surface area contributed by atoms with Gasteiger partial charge in [0.1, 0.15) is 12.3 Å². The van der Waals surface area contributed by atoms with Gasteiger partial charge in [-0.25, -0.2) is 4.98 Å². The van der Waals surface area contributed by atoms with E-state index in [0.717, 1.165) is 5.56 Å². The van der Waals surface area contributed by atoms with Gasteiger partial charge in [0.15, 0.2) is 11.6 Å². The Hall–Kier alpha value is -2.34. The largest absolute Gasteiger partial charge is 0.476 e. The molecule has 0 aliphatic carbocycles. The molecule has 0 spiro atoms. The van der Waals surface area contributed by atoms with E-state index < -0.39 is 0 Å². The first-order chi connectivity index (χ1) is 10.2. The highest BCUT2D eigenvalue weighted by molar-refractivity contribution is 5.67. The van der Waals surface area contributed by atoms with E-state index in [1.165, 1.54) is 0 Å². The van der Waals surface area contributed by atoms with E-state index in [1.807, 2.05) is 37.3 Å². The summed E-state index contributed by atoms with van der Waals surface area (Å²) in [4.78, 5) is 8.61. The normalized spacial score (nSPS) is 10.4. The molecule has 21 heavy (non-hydrogen) atoms. The summed E-state index contributed by atoms with van der Waals surface area (Å²) >= 11 is 0. The van der Waals surface area contributed by atoms with Gasteiger partial charge in [0.05, 0.1) is 6.61 Å². The van der Waals surface area contributed by atoms with Crippen LogP contribution in [0.1, 0.15) is 18.3 Å². The number of benzene rings is 1. The van der Waals surface area contributed by atoms with Crippen LogP contribution in [0.2, 0.25) is 0 Å². The number of hydrogen-bond donors (Lipinski definition) is 2. The van der Waals surface area contributed by atoms with E-state index in [1.54, 1.807) is 7.11 Å². The van der Waals surface area contributed by atoms with Crippen LogP contribution in [0.15, 0.2) is 30.3 Å². The average molecular weight is 288 g/mol. The predicted molar refractivity (Wildman–Crippen MR) is 82.1 cm³/mol. The van der Waals surface area contributed by atoms with Gasteiger partial charge in [-0.1, -0.05) is 30.3 Å². The Bertz CT molecular complexity index is 575. The van der Waals surface area contributed by atoms with Crippen LogP contribution in [0.4, 0.5) is 11.5 Å². The number of rotatable bonds is 7. The fourth-order valence-corrected chi connectivity index (χ4v) is 1.85. The van der Waals surface area contributed by atoms with Crippen LogP contribution < -0.4 is 15.8 Å². The van der Waals surface area contributed by atoms with E-state index in [4.69, 9.17) is 15.2 Å². The molecule has 0 aliphatic heterocycles. The van der Waals surface area contributed by atoms with Crippen molar-refractivity contribution < 1.29 is 9.47 Å². The Kier molecular flexibility index (Phi) is 5.34. The maximum Gasteiger partial charge on any atom is 0.242 e.